The van der Waals surface area contributed by atoms with Crippen LogP contribution in [0, 0.1) is 26.7 Å². The molecule has 1 N–H and O–H groups in total. The van der Waals surface area contributed by atoms with Crippen LogP contribution in [0.15, 0.2) is 42.5 Å². The number of ketones is 2. The molecule has 146 valence electrons. The van der Waals surface area contributed by atoms with E-state index in [1.165, 1.54) is 0 Å². The Morgan fingerprint density at radius 2 is 1.68 bits per heavy atom. The van der Waals surface area contributed by atoms with E-state index in [0.717, 1.165) is 34.2 Å². The molecular formula is C24H27NO3. The highest BCUT2D eigenvalue weighted by molar-refractivity contribution is 6.15. The van der Waals surface area contributed by atoms with E-state index < -0.39 is 11.8 Å². The first-order valence-electron chi connectivity index (χ1n) is 9.81. The van der Waals surface area contributed by atoms with E-state index in [1.54, 1.807) is 0 Å². The highest BCUT2D eigenvalue weighted by Gasteiger charge is 2.43. The topological polar surface area (TPSA) is 63.2 Å². The standard InChI is InChI=1S/C24H27NO3/c1-15-11-16(2)22(17(3)12-15)23-20(26)13-19(24(23)28)14-21(27)25-10-9-18-7-5-4-6-8-18/h4-8,11-12,19,23H,9-10,13-14H2,1-3H3,(H,25,27). The number of hydrogen-bond donors (Lipinski definition) is 1. The first kappa shape index (κ1) is 20.0. The van der Waals surface area contributed by atoms with Crippen molar-refractivity contribution in [1.29, 1.82) is 0 Å². The van der Waals surface area contributed by atoms with Gasteiger partial charge in [0.05, 0.1) is 0 Å². The molecule has 2 unspecified atom stereocenters. The van der Waals surface area contributed by atoms with E-state index >= 15 is 0 Å². The van der Waals surface area contributed by atoms with Crippen molar-refractivity contribution >= 4 is 17.5 Å². The predicted octanol–water partition coefficient (Wildman–Crippen LogP) is 3.60. The van der Waals surface area contributed by atoms with Crippen LogP contribution in [0.4, 0.5) is 0 Å². The Labute approximate surface area is 166 Å². The van der Waals surface area contributed by atoms with Crippen LogP contribution < -0.4 is 5.32 Å². The molecule has 0 heterocycles. The second kappa shape index (κ2) is 8.51. The summed E-state index contributed by atoms with van der Waals surface area (Å²) < 4.78 is 0. The van der Waals surface area contributed by atoms with Gasteiger partial charge in [-0.15, -0.1) is 0 Å². The lowest BCUT2D eigenvalue weighted by Gasteiger charge is -2.16. The van der Waals surface area contributed by atoms with Crippen LogP contribution in [-0.2, 0) is 20.8 Å². The Bertz CT molecular complexity index is 878. The third-order valence-corrected chi connectivity index (χ3v) is 5.49. The largest absolute Gasteiger partial charge is 0.356 e. The average Bonchev–Trinajstić information content (AvgIpc) is 2.89. The summed E-state index contributed by atoms with van der Waals surface area (Å²) >= 11 is 0. The minimum Gasteiger partial charge on any atom is -0.356 e. The van der Waals surface area contributed by atoms with Gasteiger partial charge in [0.25, 0.3) is 0 Å². The fraction of sp³-hybridized carbons (Fsp3) is 0.375. The lowest BCUT2D eigenvalue weighted by Crippen LogP contribution is -2.29. The van der Waals surface area contributed by atoms with E-state index in [4.69, 9.17) is 0 Å². The van der Waals surface area contributed by atoms with Gasteiger partial charge in [0.1, 0.15) is 11.7 Å². The van der Waals surface area contributed by atoms with E-state index in [1.807, 2.05) is 63.2 Å². The second-order valence-corrected chi connectivity index (χ2v) is 7.80. The summed E-state index contributed by atoms with van der Waals surface area (Å²) in [5.41, 5.74) is 5.04. The molecule has 0 aliphatic heterocycles. The van der Waals surface area contributed by atoms with Crippen molar-refractivity contribution in [3.63, 3.8) is 0 Å². The number of carbonyl (C=O) groups is 3. The number of hydrogen-bond acceptors (Lipinski definition) is 3. The van der Waals surface area contributed by atoms with E-state index in [2.05, 4.69) is 5.32 Å². The van der Waals surface area contributed by atoms with Gasteiger partial charge in [-0.05, 0) is 49.4 Å². The number of benzene rings is 2. The molecule has 0 radical (unpaired) electrons. The Kier molecular flexibility index (Phi) is 6.08. The van der Waals surface area contributed by atoms with Gasteiger partial charge < -0.3 is 5.32 Å². The lowest BCUT2D eigenvalue weighted by molar-refractivity contribution is -0.128. The number of aryl methyl sites for hydroxylation is 3. The van der Waals surface area contributed by atoms with Crippen molar-refractivity contribution in [2.45, 2.75) is 46.0 Å². The molecule has 2 aromatic rings. The minimum absolute atomic E-state index is 0.0675. The number of Topliss-reactive ketones (excluding diaryl/α,β-unsaturated/α-hetero) is 2. The summed E-state index contributed by atoms with van der Waals surface area (Å²) in [6, 6.07) is 13.9. The van der Waals surface area contributed by atoms with E-state index in [9.17, 15) is 14.4 Å². The zero-order chi connectivity index (χ0) is 20.3. The van der Waals surface area contributed by atoms with Crippen LogP contribution in [0.3, 0.4) is 0 Å². The third-order valence-electron chi connectivity index (χ3n) is 5.49. The number of nitrogens with one attached hydrogen (secondary N) is 1. The van der Waals surface area contributed by atoms with Gasteiger partial charge in [0, 0.05) is 25.3 Å². The molecule has 4 nitrogen and oxygen atoms in total. The van der Waals surface area contributed by atoms with Crippen molar-refractivity contribution in [3.05, 3.63) is 70.3 Å². The smallest absolute Gasteiger partial charge is 0.220 e. The van der Waals surface area contributed by atoms with Crippen molar-refractivity contribution in [3.8, 4) is 0 Å². The molecular weight excluding hydrogens is 350 g/mol. The lowest BCUT2D eigenvalue weighted by atomic mass is 9.86. The van der Waals surface area contributed by atoms with Crippen LogP contribution in [0.5, 0.6) is 0 Å². The van der Waals surface area contributed by atoms with Crippen molar-refractivity contribution < 1.29 is 14.4 Å². The fourth-order valence-corrected chi connectivity index (χ4v) is 4.27. The molecule has 2 atom stereocenters. The Morgan fingerprint density at radius 1 is 1.04 bits per heavy atom. The molecule has 1 amide bonds. The van der Waals surface area contributed by atoms with Gasteiger partial charge in [0.2, 0.25) is 5.91 Å². The van der Waals surface area contributed by atoms with Crippen LogP contribution >= 0.6 is 0 Å². The number of carbonyl (C=O) groups excluding carboxylic acids is 3. The molecule has 1 fully saturated rings. The molecule has 28 heavy (non-hydrogen) atoms. The second-order valence-electron chi connectivity index (χ2n) is 7.80. The van der Waals surface area contributed by atoms with Gasteiger partial charge in [-0.2, -0.15) is 0 Å². The van der Waals surface area contributed by atoms with Crippen molar-refractivity contribution in [1.82, 2.24) is 5.32 Å². The maximum atomic E-state index is 12.9. The SMILES string of the molecule is Cc1cc(C)c(C2C(=O)CC(CC(=O)NCCc3ccccc3)C2=O)c(C)c1. The molecule has 0 bridgehead atoms. The highest BCUT2D eigenvalue weighted by Crippen LogP contribution is 2.37. The Hall–Kier alpha value is -2.75. The summed E-state index contributed by atoms with van der Waals surface area (Å²) in [5.74, 6) is -1.59. The van der Waals surface area contributed by atoms with Crippen LogP contribution in [0.1, 0.15) is 46.6 Å². The normalized spacial score (nSPS) is 19.1. The maximum Gasteiger partial charge on any atom is 0.220 e. The Morgan fingerprint density at radius 3 is 2.32 bits per heavy atom. The summed E-state index contributed by atoms with van der Waals surface area (Å²) in [5, 5.41) is 2.88. The molecule has 1 saturated carbocycles. The third kappa shape index (κ3) is 4.38. The van der Waals surface area contributed by atoms with Crippen molar-refractivity contribution in [2.75, 3.05) is 6.54 Å². The average molecular weight is 377 g/mol. The van der Waals surface area contributed by atoms with Gasteiger partial charge >= 0.3 is 0 Å². The molecule has 0 aromatic heterocycles. The van der Waals surface area contributed by atoms with Crippen molar-refractivity contribution in [2.24, 2.45) is 5.92 Å². The molecule has 4 heteroatoms. The summed E-state index contributed by atoms with van der Waals surface area (Å²) in [7, 11) is 0. The quantitative estimate of drug-likeness (QED) is 0.783. The van der Waals surface area contributed by atoms with Gasteiger partial charge in [-0.25, -0.2) is 0 Å². The molecule has 1 aliphatic carbocycles. The predicted molar refractivity (Wildman–Crippen MR) is 109 cm³/mol. The monoisotopic (exact) mass is 377 g/mol. The number of rotatable bonds is 6. The van der Waals surface area contributed by atoms with Crippen LogP contribution in [-0.4, -0.2) is 24.0 Å². The molecule has 0 spiro atoms. The fourth-order valence-electron chi connectivity index (χ4n) is 4.27. The Balaban J connectivity index is 1.61. The van der Waals surface area contributed by atoms with Gasteiger partial charge in [0.15, 0.2) is 5.78 Å². The van der Waals surface area contributed by atoms with Gasteiger partial charge in [-0.1, -0.05) is 48.0 Å². The van der Waals surface area contributed by atoms with Gasteiger partial charge in [-0.3, -0.25) is 14.4 Å². The first-order chi connectivity index (χ1) is 13.4. The van der Waals surface area contributed by atoms with E-state index in [-0.39, 0.29) is 30.3 Å². The minimum atomic E-state index is -0.720. The molecule has 2 aromatic carbocycles. The maximum absolute atomic E-state index is 12.9. The van der Waals surface area contributed by atoms with Crippen LogP contribution in [0.2, 0.25) is 0 Å². The number of amides is 1. The molecule has 3 rings (SSSR count). The first-order valence-corrected chi connectivity index (χ1v) is 9.81. The highest BCUT2D eigenvalue weighted by atomic mass is 16.2. The summed E-state index contributed by atoms with van der Waals surface area (Å²) in [4.78, 5) is 37.8. The van der Waals surface area contributed by atoms with Crippen LogP contribution in [0.25, 0.3) is 0 Å². The molecule has 0 saturated heterocycles. The zero-order valence-corrected chi connectivity index (χ0v) is 16.7. The summed E-state index contributed by atoms with van der Waals surface area (Å²) in [6.45, 7) is 6.42. The zero-order valence-electron chi connectivity index (χ0n) is 16.7. The molecule has 1 aliphatic rings. The van der Waals surface area contributed by atoms with E-state index in [0.29, 0.717) is 6.54 Å². The summed E-state index contributed by atoms with van der Waals surface area (Å²) in [6.07, 6.45) is 0.983.